The average molecular weight is 311 g/mol. The molecule has 0 aliphatic rings. The molecule has 1 aromatic carbocycles. The maximum Gasteiger partial charge on any atom is 0.387 e. The Labute approximate surface area is 106 Å². The van der Waals surface area contributed by atoms with Crippen LogP contribution in [-0.2, 0) is 11.2 Å². The molecule has 88 valence electrons. The van der Waals surface area contributed by atoms with Gasteiger partial charge >= 0.3 is 6.61 Å². The number of alkyl halides is 3. The topological polar surface area (TPSA) is 26.3 Å². The zero-order valence-electron chi connectivity index (χ0n) is 8.12. The van der Waals surface area contributed by atoms with Crippen molar-refractivity contribution in [1.29, 1.82) is 0 Å². The number of Topliss-reactive ketones (excluding diaryl/α,β-unsaturated/α-hetero) is 1. The van der Waals surface area contributed by atoms with Crippen LogP contribution in [0.1, 0.15) is 5.56 Å². The van der Waals surface area contributed by atoms with E-state index in [9.17, 15) is 13.6 Å². The Hall–Kier alpha value is -0.620. The average Bonchev–Trinajstić information content (AvgIpc) is 2.23. The van der Waals surface area contributed by atoms with Crippen LogP contribution in [0.3, 0.4) is 0 Å². The third-order valence-electron chi connectivity index (χ3n) is 1.84. The minimum absolute atomic E-state index is 0.0156. The quantitative estimate of drug-likeness (QED) is 0.668. The highest BCUT2D eigenvalue weighted by Crippen LogP contribution is 2.28. The van der Waals surface area contributed by atoms with Gasteiger partial charge in [0.1, 0.15) is 11.5 Å². The van der Waals surface area contributed by atoms with Crippen molar-refractivity contribution in [2.45, 2.75) is 17.9 Å². The Balaban J connectivity index is 2.90. The van der Waals surface area contributed by atoms with Gasteiger partial charge in [0.25, 0.3) is 0 Å². The van der Waals surface area contributed by atoms with Gasteiger partial charge in [-0.2, -0.15) is 8.78 Å². The van der Waals surface area contributed by atoms with Gasteiger partial charge < -0.3 is 4.74 Å². The highest BCUT2D eigenvalue weighted by Gasteiger charge is 2.12. The highest BCUT2D eigenvalue weighted by atomic mass is 79.9. The summed E-state index contributed by atoms with van der Waals surface area (Å²) in [6.07, 6.45) is 0.143. The molecule has 0 aliphatic carbocycles. The lowest BCUT2D eigenvalue weighted by molar-refractivity contribution is -0.115. The molecule has 0 unspecified atom stereocenters. The summed E-state index contributed by atoms with van der Waals surface area (Å²) in [5, 5.41) is 0.222. The van der Waals surface area contributed by atoms with Gasteiger partial charge in [-0.1, -0.05) is 28.1 Å². The summed E-state index contributed by atoms with van der Waals surface area (Å²) in [7, 11) is 0. The van der Waals surface area contributed by atoms with Crippen LogP contribution in [0.4, 0.5) is 8.78 Å². The van der Waals surface area contributed by atoms with E-state index in [1.165, 1.54) is 6.07 Å². The van der Waals surface area contributed by atoms with E-state index >= 15 is 0 Å². The number of hydrogen-bond acceptors (Lipinski definition) is 3. The molecule has 0 heterocycles. The van der Waals surface area contributed by atoms with Crippen LogP contribution in [0.5, 0.6) is 5.75 Å². The van der Waals surface area contributed by atoms with Gasteiger partial charge in [0.05, 0.1) is 10.2 Å². The number of ketones is 1. The molecule has 0 fully saturated rings. The number of ether oxygens (including phenoxy) is 1. The van der Waals surface area contributed by atoms with E-state index in [0.29, 0.717) is 5.56 Å². The maximum atomic E-state index is 12.0. The minimum Gasteiger partial charge on any atom is -0.434 e. The van der Waals surface area contributed by atoms with Gasteiger partial charge in [-0.15, -0.1) is 12.6 Å². The Morgan fingerprint density at radius 1 is 1.50 bits per heavy atom. The minimum atomic E-state index is -2.90. The van der Waals surface area contributed by atoms with E-state index in [2.05, 4.69) is 33.3 Å². The Bertz CT molecular complexity index is 385. The molecule has 2 nitrogen and oxygen atoms in total. The van der Waals surface area contributed by atoms with E-state index in [4.69, 9.17) is 0 Å². The SMILES string of the molecule is O=C(CBr)Cc1cccc(OC(F)F)c1S. The lowest BCUT2D eigenvalue weighted by atomic mass is 10.1. The number of carbonyl (C=O) groups is 1. The van der Waals surface area contributed by atoms with E-state index in [1.54, 1.807) is 12.1 Å². The zero-order valence-corrected chi connectivity index (χ0v) is 10.6. The predicted octanol–water partition coefficient (Wildman–Crippen LogP) is 3.08. The van der Waals surface area contributed by atoms with E-state index in [0.717, 1.165) is 0 Å². The molecular formula is C10H9BrF2O2S. The fraction of sp³-hybridized carbons (Fsp3) is 0.300. The largest absolute Gasteiger partial charge is 0.434 e. The number of rotatable bonds is 5. The van der Waals surface area contributed by atoms with Gasteiger partial charge in [-0.25, -0.2) is 0 Å². The molecule has 1 rings (SSSR count). The van der Waals surface area contributed by atoms with Crippen molar-refractivity contribution >= 4 is 34.3 Å². The maximum absolute atomic E-state index is 12.0. The summed E-state index contributed by atoms with van der Waals surface area (Å²) in [5.41, 5.74) is 0.575. The molecule has 0 bridgehead atoms. The molecule has 0 saturated carbocycles. The standard InChI is InChI=1S/C10H9BrF2O2S/c11-5-7(14)4-6-2-1-3-8(9(6)16)15-10(12)13/h1-3,10,16H,4-5H2. The Morgan fingerprint density at radius 3 is 2.75 bits per heavy atom. The Kier molecular flexibility index (Phi) is 5.21. The summed E-state index contributed by atoms with van der Waals surface area (Å²) >= 11 is 7.10. The fourth-order valence-electron chi connectivity index (χ4n) is 1.16. The first kappa shape index (κ1) is 13.4. The van der Waals surface area contributed by atoms with Gasteiger partial charge in [0.2, 0.25) is 0 Å². The number of halogens is 3. The van der Waals surface area contributed by atoms with Crippen molar-refractivity contribution in [2.24, 2.45) is 0 Å². The summed E-state index contributed by atoms with van der Waals surface area (Å²) < 4.78 is 28.3. The summed E-state index contributed by atoms with van der Waals surface area (Å²) in [4.78, 5) is 11.5. The number of hydrogen-bond donors (Lipinski definition) is 1. The van der Waals surface area contributed by atoms with E-state index < -0.39 is 6.61 Å². The van der Waals surface area contributed by atoms with Crippen LogP contribution in [-0.4, -0.2) is 17.7 Å². The first-order chi connectivity index (χ1) is 7.54. The van der Waals surface area contributed by atoms with Crippen molar-refractivity contribution in [2.75, 3.05) is 5.33 Å². The van der Waals surface area contributed by atoms with Crippen molar-refractivity contribution in [3.63, 3.8) is 0 Å². The lowest BCUT2D eigenvalue weighted by Crippen LogP contribution is -2.07. The number of benzene rings is 1. The lowest BCUT2D eigenvalue weighted by Gasteiger charge is -2.10. The number of carbonyl (C=O) groups excluding carboxylic acids is 1. The highest BCUT2D eigenvalue weighted by molar-refractivity contribution is 9.09. The first-order valence-corrected chi connectivity index (χ1v) is 5.94. The third-order valence-corrected chi connectivity index (χ3v) is 2.97. The van der Waals surface area contributed by atoms with Crippen LogP contribution < -0.4 is 4.74 Å². The van der Waals surface area contributed by atoms with Crippen LogP contribution in [0.25, 0.3) is 0 Å². The normalized spacial score (nSPS) is 10.6. The molecule has 0 spiro atoms. The van der Waals surface area contributed by atoms with Crippen molar-refractivity contribution in [3.05, 3.63) is 23.8 Å². The van der Waals surface area contributed by atoms with Crippen LogP contribution in [0.15, 0.2) is 23.1 Å². The Morgan fingerprint density at radius 2 is 2.19 bits per heavy atom. The molecular weight excluding hydrogens is 302 g/mol. The first-order valence-electron chi connectivity index (χ1n) is 4.38. The molecule has 0 saturated heterocycles. The monoisotopic (exact) mass is 310 g/mol. The molecule has 16 heavy (non-hydrogen) atoms. The van der Waals surface area contributed by atoms with E-state index in [1.807, 2.05) is 0 Å². The predicted molar refractivity (Wildman–Crippen MR) is 62.8 cm³/mol. The summed E-state index contributed by atoms with van der Waals surface area (Å²) in [6.45, 7) is -2.90. The molecule has 0 N–H and O–H groups in total. The zero-order chi connectivity index (χ0) is 12.1. The van der Waals surface area contributed by atoms with Crippen molar-refractivity contribution in [1.82, 2.24) is 0 Å². The van der Waals surface area contributed by atoms with E-state index in [-0.39, 0.29) is 28.2 Å². The molecule has 0 amide bonds. The van der Waals surface area contributed by atoms with Crippen molar-refractivity contribution in [3.8, 4) is 5.75 Å². The van der Waals surface area contributed by atoms with Gasteiger partial charge in [0, 0.05) is 6.42 Å². The fourth-order valence-corrected chi connectivity index (χ4v) is 1.64. The summed E-state index contributed by atoms with van der Waals surface area (Å²) in [6, 6.07) is 4.59. The summed E-state index contributed by atoms with van der Waals surface area (Å²) in [5.74, 6) is -0.0669. The molecule has 0 atom stereocenters. The molecule has 0 aromatic heterocycles. The van der Waals surface area contributed by atoms with Gasteiger partial charge in [-0.3, -0.25) is 4.79 Å². The second-order valence-electron chi connectivity index (χ2n) is 2.99. The second-order valence-corrected chi connectivity index (χ2v) is 4.00. The molecule has 1 aromatic rings. The van der Waals surface area contributed by atoms with Gasteiger partial charge in [-0.05, 0) is 11.6 Å². The van der Waals surface area contributed by atoms with Crippen LogP contribution in [0.2, 0.25) is 0 Å². The molecule has 6 heteroatoms. The van der Waals surface area contributed by atoms with Crippen LogP contribution >= 0.6 is 28.6 Å². The smallest absolute Gasteiger partial charge is 0.387 e. The van der Waals surface area contributed by atoms with Gasteiger partial charge in [0.15, 0.2) is 0 Å². The molecule has 0 radical (unpaired) electrons. The second kappa shape index (κ2) is 6.20. The van der Waals surface area contributed by atoms with Crippen LogP contribution in [0, 0.1) is 0 Å². The molecule has 0 aliphatic heterocycles. The third kappa shape index (κ3) is 3.75. The number of thiol groups is 1. The van der Waals surface area contributed by atoms with Crippen molar-refractivity contribution < 1.29 is 18.3 Å².